The molecule has 0 spiro atoms. The predicted molar refractivity (Wildman–Crippen MR) is 208 cm³/mol. The van der Waals surface area contributed by atoms with E-state index in [0.29, 0.717) is 57.1 Å². The van der Waals surface area contributed by atoms with Crippen LogP contribution in [-0.2, 0) is 12.8 Å². The van der Waals surface area contributed by atoms with Crippen molar-refractivity contribution in [3.63, 3.8) is 0 Å². The zero-order chi connectivity index (χ0) is 37.8. The van der Waals surface area contributed by atoms with Gasteiger partial charge in [0.25, 0.3) is 0 Å². The van der Waals surface area contributed by atoms with Crippen LogP contribution >= 0.6 is 23.5 Å². The van der Waals surface area contributed by atoms with Gasteiger partial charge in [-0.25, -0.2) is 0 Å². The van der Waals surface area contributed by atoms with Crippen LogP contribution in [0.15, 0.2) is 67.9 Å². The second-order valence-electron chi connectivity index (χ2n) is 12.4. The fourth-order valence-electron chi connectivity index (χ4n) is 7.32. The van der Waals surface area contributed by atoms with Gasteiger partial charge in [-0.3, -0.25) is 0 Å². The van der Waals surface area contributed by atoms with Crippen molar-refractivity contribution in [3.8, 4) is 56.8 Å². The molecular weight excluding hydrogens is 827 g/mol. The number of aryl methyl sites for hydroxylation is 2. The van der Waals surface area contributed by atoms with Crippen LogP contribution in [0.1, 0.15) is 47.2 Å². The first-order valence-corrected chi connectivity index (χ1v) is 21.6. The van der Waals surface area contributed by atoms with Gasteiger partial charge in [0.15, 0.2) is 0 Å². The van der Waals surface area contributed by atoms with Crippen LogP contribution in [0.25, 0.3) is 22.3 Å². The summed E-state index contributed by atoms with van der Waals surface area (Å²) >= 11 is 1.98. The minimum absolute atomic E-state index is 0.0325. The third-order valence-electron chi connectivity index (χ3n) is 9.81. The van der Waals surface area contributed by atoms with Gasteiger partial charge < -0.3 is 0 Å². The molecule has 4 aromatic carbocycles. The Morgan fingerprint density at radius 2 is 0.962 bits per heavy atom. The first-order chi connectivity index (χ1) is 25.8. The molecule has 4 aromatic rings. The van der Waals surface area contributed by atoms with Crippen molar-refractivity contribution in [3.05, 3.63) is 91.2 Å². The van der Waals surface area contributed by atoms with Crippen LogP contribution in [0.2, 0.25) is 0 Å². The van der Waals surface area contributed by atoms with Crippen LogP contribution in [-0.4, -0.2) is 55.2 Å². The van der Waals surface area contributed by atoms with Crippen molar-refractivity contribution in [2.45, 2.75) is 47.6 Å². The van der Waals surface area contributed by atoms with Gasteiger partial charge in [-0.05, 0) is 0 Å². The number of benzene rings is 2. The topological polar surface area (TPSA) is 114 Å². The van der Waals surface area contributed by atoms with Crippen molar-refractivity contribution >= 4 is 23.5 Å². The molecule has 13 heteroatoms. The van der Waals surface area contributed by atoms with E-state index in [1.54, 1.807) is 54.8 Å². The van der Waals surface area contributed by atoms with E-state index >= 15 is 0 Å². The molecule has 0 unspecified atom stereocenters. The minimum atomic E-state index is -0.875. The maximum atomic E-state index is 13.5. The van der Waals surface area contributed by atoms with Crippen molar-refractivity contribution in [1.29, 1.82) is 0 Å². The molecule has 2 aliphatic rings. The number of hydrogen-bond acceptors (Lipinski definition) is 12. The van der Waals surface area contributed by atoms with Gasteiger partial charge in [-0.1, -0.05) is 0 Å². The summed E-state index contributed by atoms with van der Waals surface area (Å²) in [7, 11) is 9.69. The molecule has 0 saturated carbocycles. The third kappa shape index (κ3) is 7.42. The molecular formula is C40H44IN2O8S2-. The van der Waals surface area contributed by atoms with Gasteiger partial charge in [-0.2, -0.15) is 0 Å². The Hall–Kier alpha value is -3.63. The third-order valence-corrected chi connectivity index (χ3v) is 13.5. The Morgan fingerprint density at radius 3 is 1.30 bits per heavy atom. The summed E-state index contributed by atoms with van der Waals surface area (Å²) in [5.74, 6) is 3.35. The Kier molecular flexibility index (Phi) is 12.7. The molecule has 282 valence electrons. The van der Waals surface area contributed by atoms with E-state index in [2.05, 4.69) is 7.06 Å². The Morgan fingerprint density at radius 1 is 0.566 bits per heavy atom. The Labute approximate surface area is 329 Å². The van der Waals surface area contributed by atoms with E-state index in [9.17, 15) is 9.59 Å². The summed E-state index contributed by atoms with van der Waals surface area (Å²) in [4.78, 5) is 28.4. The summed E-state index contributed by atoms with van der Waals surface area (Å²) in [5.41, 5.74) is 7.45. The number of rotatable bonds is 12. The number of thioether (sulfide) groups is 2. The van der Waals surface area contributed by atoms with E-state index < -0.39 is 21.8 Å². The molecule has 0 saturated heterocycles. The Bertz CT molecular complexity index is 2000. The quantitative estimate of drug-likeness (QED) is 0.122. The molecule has 0 heterocycles. The number of ether oxygens (including phenoxy) is 6. The van der Waals surface area contributed by atoms with Gasteiger partial charge in [0.05, 0.1) is 0 Å². The van der Waals surface area contributed by atoms with E-state index in [1.807, 2.05) is 48.9 Å². The first-order valence-electron chi connectivity index (χ1n) is 17.0. The van der Waals surface area contributed by atoms with Gasteiger partial charge >= 0.3 is 331 Å². The van der Waals surface area contributed by atoms with Crippen molar-refractivity contribution in [1.82, 2.24) is 7.06 Å². The van der Waals surface area contributed by atoms with E-state index in [4.69, 9.17) is 28.4 Å². The summed E-state index contributed by atoms with van der Waals surface area (Å²) in [5, 5.41) is 0. The van der Waals surface area contributed by atoms with Crippen molar-refractivity contribution < 1.29 is 50.2 Å². The average molecular weight is 872 g/mol. The normalized spacial score (nSPS) is 15.8. The molecule has 0 aromatic heterocycles. The molecule has 0 radical (unpaired) electrons. The van der Waals surface area contributed by atoms with Crippen LogP contribution in [0.4, 0.5) is 0 Å². The SMILES string of the molecule is COc1cc2c(c(OC)c1OC)-c1ccc(SC)c(=O)cc1[C@@H](N[I-]N[C@H]1CCc3cc(OC)c(OC)c(OC)c3-c3ccc(SC)c(=O)cc31)CC2. The maximum absolute atomic E-state index is 13.5. The zero-order valence-corrected chi connectivity index (χ0v) is 34.9. The molecule has 2 atom stereocenters. The molecule has 0 amide bonds. The van der Waals surface area contributed by atoms with Crippen LogP contribution in [0, 0.1) is 0 Å². The van der Waals surface area contributed by atoms with Crippen LogP contribution in [0.3, 0.4) is 0 Å². The number of halogens is 1. The van der Waals surface area contributed by atoms with Crippen LogP contribution < -0.4 is 68.1 Å². The average Bonchev–Trinajstić information content (AvgIpc) is 3.57. The van der Waals surface area contributed by atoms with Gasteiger partial charge in [0, 0.05) is 0 Å². The second kappa shape index (κ2) is 17.2. The molecule has 6 rings (SSSR count). The first kappa shape index (κ1) is 39.1. The van der Waals surface area contributed by atoms with Gasteiger partial charge in [0.2, 0.25) is 0 Å². The van der Waals surface area contributed by atoms with E-state index in [0.717, 1.165) is 57.3 Å². The number of nitrogens with one attached hydrogen (secondary N) is 2. The van der Waals surface area contributed by atoms with Gasteiger partial charge in [-0.15, -0.1) is 0 Å². The Balaban J connectivity index is 1.41. The van der Waals surface area contributed by atoms with Crippen molar-refractivity contribution in [2.24, 2.45) is 0 Å². The van der Waals surface area contributed by atoms with Gasteiger partial charge in [0.1, 0.15) is 0 Å². The molecule has 0 aliphatic heterocycles. The second-order valence-corrected chi connectivity index (χ2v) is 15.9. The monoisotopic (exact) mass is 871 g/mol. The van der Waals surface area contributed by atoms with Crippen LogP contribution in [0.5, 0.6) is 34.5 Å². The summed E-state index contributed by atoms with van der Waals surface area (Å²) in [6, 6.07) is 15.1. The fraction of sp³-hybridized carbons (Fsp3) is 0.350. The summed E-state index contributed by atoms with van der Waals surface area (Å²) in [6.45, 7) is 0. The van der Waals surface area contributed by atoms with E-state index in [1.165, 1.54) is 23.5 Å². The van der Waals surface area contributed by atoms with E-state index in [-0.39, 0.29) is 22.9 Å². The molecule has 0 bridgehead atoms. The standard InChI is InChI=1S/C40H44IN2O8S2/c1-46-31-17-21-9-13-27(25-19-29(44)33(52-7)15-11-23(25)35(21)39(50-5)37(31)48-3)42-41-43-28-14-10-22-18-32(47-2)38(49-4)40(51-6)36(22)24-12-16-34(53-8)30(45)20-26(24)28/h11-12,15-20,27-28,42-43H,9-10,13-14H2,1-8H3/q-1/t27-,28-/m0/s1. The fourth-order valence-corrected chi connectivity index (χ4v) is 10.5. The molecule has 2 N–H and O–H groups in total. The van der Waals surface area contributed by atoms with Crippen molar-refractivity contribution in [2.75, 3.05) is 55.2 Å². The summed E-state index contributed by atoms with van der Waals surface area (Å²) in [6.07, 6.45) is 6.72. The number of methoxy groups -OCH3 is 6. The zero-order valence-electron chi connectivity index (χ0n) is 31.1. The predicted octanol–water partition coefficient (Wildman–Crippen LogP) is 4.01. The molecule has 10 nitrogen and oxygen atoms in total. The molecule has 2 aliphatic carbocycles. The molecule has 0 fully saturated rings. The number of fused-ring (bicyclic) bond motifs is 6. The number of hydrogen-bond donors (Lipinski definition) is 2. The summed E-state index contributed by atoms with van der Waals surface area (Å²) < 4.78 is 42.7. The molecule has 53 heavy (non-hydrogen) atoms.